The van der Waals surface area contributed by atoms with Crippen molar-refractivity contribution in [3.05, 3.63) is 52.0 Å². The fourth-order valence-electron chi connectivity index (χ4n) is 1.61. The Labute approximate surface area is 117 Å². The number of carbonyl (C=O) groups excluding carboxylic acids is 2. The van der Waals surface area contributed by atoms with Crippen molar-refractivity contribution in [2.45, 2.75) is 6.42 Å². The fourth-order valence-corrected chi connectivity index (χ4v) is 1.97. The summed E-state index contributed by atoms with van der Waals surface area (Å²) in [5.41, 5.74) is 0.102. The highest BCUT2D eigenvalue weighted by molar-refractivity contribution is 9.10. The molecule has 0 saturated heterocycles. The Bertz CT molecular complexity index is 652. The molecule has 0 unspecified atom stereocenters. The van der Waals surface area contributed by atoms with E-state index in [1.165, 1.54) is 28.9 Å². The first kappa shape index (κ1) is 13.6. The van der Waals surface area contributed by atoms with Gasteiger partial charge in [0, 0.05) is 17.7 Å². The minimum absolute atomic E-state index is 0.0985. The third kappa shape index (κ3) is 3.14. The number of ketones is 2. The summed E-state index contributed by atoms with van der Waals surface area (Å²) >= 11 is 3.16. The van der Waals surface area contributed by atoms with E-state index in [1.54, 1.807) is 13.2 Å². The highest BCUT2D eigenvalue weighted by Crippen LogP contribution is 2.17. The summed E-state index contributed by atoms with van der Waals surface area (Å²) in [4.78, 5) is 23.7. The maximum absolute atomic E-state index is 13.5. The molecule has 98 valence electrons. The molecule has 0 spiro atoms. The normalized spacial score (nSPS) is 10.5. The number of nitrogens with zero attached hydrogens (tertiary/aromatic N) is 2. The molecular formula is C13H10BrFN2O2. The molecule has 19 heavy (non-hydrogen) atoms. The second-order valence-corrected chi connectivity index (χ2v) is 4.94. The predicted molar refractivity (Wildman–Crippen MR) is 70.6 cm³/mol. The van der Waals surface area contributed by atoms with E-state index in [0.29, 0.717) is 4.47 Å². The summed E-state index contributed by atoms with van der Waals surface area (Å²) in [5.74, 6) is -1.62. The van der Waals surface area contributed by atoms with Crippen LogP contribution in [0.5, 0.6) is 0 Å². The van der Waals surface area contributed by atoms with Crippen LogP contribution in [0.3, 0.4) is 0 Å². The molecule has 0 aliphatic heterocycles. The molecule has 1 heterocycles. The first-order valence-corrected chi connectivity index (χ1v) is 6.28. The van der Waals surface area contributed by atoms with Crippen molar-refractivity contribution in [2.75, 3.05) is 0 Å². The molecule has 0 fully saturated rings. The minimum atomic E-state index is -0.637. The van der Waals surface area contributed by atoms with E-state index in [2.05, 4.69) is 21.0 Å². The van der Waals surface area contributed by atoms with Gasteiger partial charge in [0.25, 0.3) is 0 Å². The molecule has 0 bridgehead atoms. The molecule has 1 aromatic heterocycles. The van der Waals surface area contributed by atoms with Crippen LogP contribution in [0.25, 0.3) is 0 Å². The lowest BCUT2D eigenvalue weighted by atomic mass is 10.0. The van der Waals surface area contributed by atoms with E-state index >= 15 is 0 Å². The summed E-state index contributed by atoms with van der Waals surface area (Å²) < 4.78 is 15.6. The van der Waals surface area contributed by atoms with Crippen LogP contribution in [0.4, 0.5) is 4.39 Å². The lowest BCUT2D eigenvalue weighted by Gasteiger charge is -2.02. The van der Waals surface area contributed by atoms with Gasteiger partial charge in [0.15, 0.2) is 11.6 Å². The lowest BCUT2D eigenvalue weighted by molar-refractivity contribution is 0.0889. The van der Waals surface area contributed by atoms with E-state index in [4.69, 9.17) is 0 Å². The van der Waals surface area contributed by atoms with Gasteiger partial charge in [-0.15, -0.1) is 0 Å². The lowest BCUT2D eigenvalue weighted by Crippen LogP contribution is -2.11. The molecule has 2 aromatic rings. The third-order valence-corrected chi connectivity index (χ3v) is 3.04. The fraction of sp³-hybridized carbons (Fsp3) is 0.154. The van der Waals surface area contributed by atoms with Crippen molar-refractivity contribution in [3.63, 3.8) is 0 Å². The van der Waals surface area contributed by atoms with Gasteiger partial charge in [0.05, 0.1) is 12.0 Å². The second kappa shape index (κ2) is 5.44. The van der Waals surface area contributed by atoms with Crippen molar-refractivity contribution >= 4 is 27.5 Å². The number of benzene rings is 1. The van der Waals surface area contributed by atoms with Crippen LogP contribution in [0.15, 0.2) is 34.9 Å². The number of Topliss-reactive ketones (excluding diaryl/α,β-unsaturated/α-hetero) is 2. The molecule has 0 atom stereocenters. The maximum Gasteiger partial charge on any atom is 0.190 e. The first-order chi connectivity index (χ1) is 8.97. The van der Waals surface area contributed by atoms with Crippen LogP contribution >= 0.6 is 15.9 Å². The highest BCUT2D eigenvalue weighted by atomic mass is 79.9. The maximum atomic E-state index is 13.5. The van der Waals surface area contributed by atoms with Crippen LogP contribution in [-0.4, -0.2) is 21.3 Å². The molecule has 1 aromatic carbocycles. The molecule has 4 nitrogen and oxygen atoms in total. The van der Waals surface area contributed by atoms with Crippen molar-refractivity contribution in [2.24, 2.45) is 7.05 Å². The predicted octanol–water partition coefficient (Wildman–Crippen LogP) is 2.78. The smallest absolute Gasteiger partial charge is 0.190 e. The van der Waals surface area contributed by atoms with Gasteiger partial charge in [-0.1, -0.05) is 15.9 Å². The van der Waals surface area contributed by atoms with Gasteiger partial charge < -0.3 is 0 Å². The van der Waals surface area contributed by atoms with E-state index < -0.39 is 23.8 Å². The highest BCUT2D eigenvalue weighted by Gasteiger charge is 2.18. The van der Waals surface area contributed by atoms with Gasteiger partial charge in [-0.05, 0) is 24.3 Å². The largest absolute Gasteiger partial charge is 0.294 e. The van der Waals surface area contributed by atoms with Crippen LogP contribution in [0.1, 0.15) is 27.3 Å². The number of rotatable bonds is 4. The molecule has 0 radical (unpaired) electrons. The van der Waals surface area contributed by atoms with Gasteiger partial charge in [0.2, 0.25) is 0 Å². The summed E-state index contributed by atoms with van der Waals surface area (Å²) in [6.45, 7) is 0. The molecule has 2 rings (SSSR count). The third-order valence-electron chi connectivity index (χ3n) is 2.55. The zero-order valence-corrected chi connectivity index (χ0v) is 11.6. The van der Waals surface area contributed by atoms with Crippen LogP contribution in [0.2, 0.25) is 0 Å². The van der Waals surface area contributed by atoms with Gasteiger partial charge in [0.1, 0.15) is 11.5 Å². The molecule has 0 N–H and O–H groups in total. The average molecular weight is 325 g/mol. The van der Waals surface area contributed by atoms with Gasteiger partial charge >= 0.3 is 0 Å². The Morgan fingerprint density at radius 3 is 2.68 bits per heavy atom. The van der Waals surface area contributed by atoms with Crippen molar-refractivity contribution in [3.8, 4) is 0 Å². The Kier molecular flexibility index (Phi) is 3.90. The summed E-state index contributed by atoms with van der Waals surface area (Å²) in [6.07, 6.45) is 1.21. The molecule has 0 saturated carbocycles. The number of hydrogen-bond acceptors (Lipinski definition) is 3. The topological polar surface area (TPSA) is 52.0 Å². The zero-order chi connectivity index (χ0) is 14.0. The Morgan fingerprint density at radius 2 is 2.05 bits per heavy atom. The van der Waals surface area contributed by atoms with Crippen molar-refractivity contribution in [1.82, 2.24) is 9.78 Å². The molecule has 6 heteroatoms. The number of aryl methyl sites for hydroxylation is 1. The number of aromatic nitrogens is 2. The number of carbonyl (C=O) groups is 2. The standard InChI is InChI=1S/C13H10BrFN2O2/c1-17-5-4-11(16-17)13(19)7-12(18)9-6-8(14)2-3-10(9)15/h2-6H,7H2,1H3. The molecular weight excluding hydrogens is 315 g/mol. The van der Waals surface area contributed by atoms with E-state index in [9.17, 15) is 14.0 Å². The minimum Gasteiger partial charge on any atom is -0.294 e. The molecule has 0 aliphatic carbocycles. The van der Waals surface area contributed by atoms with Gasteiger partial charge in [-0.2, -0.15) is 5.10 Å². The Hall–Kier alpha value is -1.82. The molecule has 0 amide bonds. The van der Waals surface area contributed by atoms with Crippen LogP contribution < -0.4 is 0 Å². The second-order valence-electron chi connectivity index (χ2n) is 4.02. The van der Waals surface area contributed by atoms with E-state index in [-0.39, 0.29) is 11.3 Å². The SMILES string of the molecule is Cn1ccc(C(=O)CC(=O)c2cc(Br)ccc2F)n1. The van der Waals surface area contributed by atoms with Crippen LogP contribution in [-0.2, 0) is 7.05 Å². The van der Waals surface area contributed by atoms with E-state index in [0.717, 1.165) is 0 Å². The van der Waals surface area contributed by atoms with Crippen molar-refractivity contribution in [1.29, 1.82) is 0 Å². The average Bonchev–Trinajstić information content (AvgIpc) is 2.79. The van der Waals surface area contributed by atoms with Gasteiger partial charge in [-0.25, -0.2) is 4.39 Å². The Morgan fingerprint density at radius 1 is 1.32 bits per heavy atom. The quantitative estimate of drug-likeness (QED) is 0.642. The van der Waals surface area contributed by atoms with Crippen LogP contribution in [0, 0.1) is 5.82 Å². The van der Waals surface area contributed by atoms with Gasteiger partial charge in [-0.3, -0.25) is 14.3 Å². The van der Waals surface area contributed by atoms with Crippen molar-refractivity contribution < 1.29 is 14.0 Å². The summed E-state index contributed by atoms with van der Waals surface area (Å²) in [5, 5.41) is 3.91. The van der Waals surface area contributed by atoms with E-state index in [1.807, 2.05) is 0 Å². The Balaban J connectivity index is 2.17. The number of hydrogen-bond donors (Lipinski definition) is 0. The first-order valence-electron chi connectivity index (χ1n) is 5.48. The monoisotopic (exact) mass is 324 g/mol. The summed E-state index contributed by atoms with van der Waals surface area (Å²) in [7, 11) is 1.67. The zero-order valence-electron chi connectivity index (χ0n) is 10.1. The molecule has 0 aliphatic rings. The number of halogens is 2. The summed E-state index contributed by atoms with van der Waals surface area (Å²) in [6, 6.07) is 5.56.